The van der Waals surface area contributed by atoms with Gasteiger partial charge in [0.25, 0.3) is 5.91 Å². The maximum atomic E-state index is 12.6. The van der Waals surface area contributed by atoms with Crippen molar-refractivity contribution in [3.05, 3.63) is 35.4 Å². The number of aliphatic hydroxyl groups is 1. The van der Waals surface area contributed by atoms with Crippen molar-refractivity contribution in [2.24, 2.45) is 0 Å². The van der Waals surface area contributed by atoms with Gasteiger partial charge in [-0.25, -0.2) is 0 Å². The third-order valence-corrected chi connectivity index (χ3v) is 3.51. The number of nitrogens with zero attached hydrogens (tertiary/aromatic N) is 1. The van der Waals surface area contributed by atoms with Crippen LogP contribution in [0.1, 0.15) is 48.0 Å². The first kappa shape index (κ1) is 14.6. The molecule has 0 bridgehead atoms. The van der Waals surface area contributed by atoms with Crippen LogP contribution in [0.5, 0.6) is 0 Å². The second-order valence-electron chi connectivity index (χ2n) is 5.03. The molecular weight excluding hydrogens is 250 g/mol. The standard InChI is InChI=1S/C17H21NO2/c19-14-8-5-10-15-9-3-4-11-16(15)17(20)18-12-6-1-2-7-13-18/h3-4,9,11,19H,1-2,6-8,12-14H2. The van der Waals surface area contributed by atoms with E-state index in [9.17, 15) is 4.79 Å². The van der Waals surface area contributed by atoms with Gasteiger partial charge in [0, 0.05) is 25.1 Å². The number of carbonyl (C=O) groups is 1. The van der Waals surface area contributed by atoms with Gasteiger partial charge in [-0.1, -0.05) is 36.8 Å². The third-order valence-electron chi connectivity index (χ3n) is 3.51. The first-order chi connectivity index (χ1) is 9.83. The summed E-state index contributed by atoms with van der Waals surface area (Å²) in [5.74, 6) is 5.97. The van der Waals surface area contributed by atoms with Gasteiger partial charge in [0.2, 0.25) is 0 Å². The predicted octanol–water partition coefficient (Wildman–Crippen LogP) is 2.44. The molecule has 3 nitrogen and oxygen atoms in total. The molecule has 106 valence electrons. The Balaban J connectivity index is 2.18. The van der Waals surface area contributed by atoms with E-state index in [0.717, 1.165) is 31.5 Å². The van der Waals surface area contributed by atoms with E-state index >= 15 is 0 Å². The number of carbonyl (C=O) groups excluding carboxylic acids is 1. The summed E-state index contributed by atoms with van der Waals surface area (Å²) < 4.78 is 0. The first-order valence-electron chi connectivity index (χ1n) is 7.31. The zero-order chi connectivity index (χ0) is 14.2. The number of aliphatic hydroxyl groups excluding tert-OH is 1. The molecule has 20 heavy (non-hydrogen) atoms. The minimum atomic E-state index is 0.0508. The fraction of sp³-hybridized carbons (Fsp3) is 0.471. The van der Waals surface area contributed by atoms with E-state index in [4.69, 9.17) is 5.11 Å². The van der Waals surface area contributed by atoms with Crippen molar-refractivity contribution in [2.75, 3.05) is 19.7 Å². The molecule has 0 saturated carbocycles. The van der Waals surface area contributed by atoms with Crippen LogP contribution in [0.3, 0.4) is 0 Å². The lowest BCUT2D eigenvalue weighted by Gasteiger charge is -2.20. The van der Waals surface area contributed by atoms with Crippen LogP contribution in [0, 0.1) is 11.8 Å². The monoisotopic (exact) mass is 271 g/mol. The van der Waals surface area contributed by atoms with Gasteiger partial charge in [0.1, 0.15) is 0 Å². The summed E-state index contributed by atoms with van der Waals surface area (Å²) in [7, 11) is 0. The largest absolute Gasteiger partial charge is 0.395 e. The lowest BCUT2D eigenvalue weighted by Crippen LogP contribution is -2.32. The molecule has 0 radical (unpaired) electrons. The topological polar surface area (TPSA) is 40.5 Å². The molecule has 0 aliphatic carbocycles. The highest BCUT2D eigenvalue weighted by atomic mass is 16.2. The van der Waals surface area contributed by atoms with Crippen LogP contribution in [-0.2, 0) is 0 Å². The second kappa shape index (κ2) is 7.72. The Kier molecular flexibility index (Phi) is 5.64. The maximum absolute atomic E-state index is 12.6. The van der Waals surface area contributed by atoms with E-state index in [2.05, 4.69) is 11.8 Å². The van der Waals surface area contributed by atoms with Gasteiger partial charge in [-0.15, -0.1) is 0 Å². The minimum absolute atomic E-state index is 0.0508. The van der Waals surface area contributed by atoms with Gasteiger partial charge in [-0.3, -0.25) is 4.79 Å². The van der Waals surface area contributed by atoms with Crippen LogP contribution < -0.4 is 0 Å². The van der Waals surface area contributed by atoms with E-state index in [1.54, 1.807) is 0 Å². The average Bonchev–Trinajstić information content (AvgIpc) is 2.76. The van der Waals surface area contributed by atoms with Crippen LogP contribution in [0.15, 0.2) is 24.3 Å². The molecule has 1 aromatic carbocycles. The molecule has 0 aromatic heterocycles. The third kappa shape index (κ3) is 3.85. The molecule has 1 heterocycles. The number of rotatable bonds is 2. The summed E-state index contributed by atoms with van der Waals surface area (Å²) >= 11 is 0. The van der Waals surface area contributed by atoms with Crippen LogP contribution in [0.2, 0.25) is 0 Å². The van der Waals surface area contributed by atoms with Gasteiger partial charge in [0.05, 0.1) is 12.2 Å². The quantitative estimate of drug-likeness (QED) is 0.839. The first-order valence-corrected chi connectivity index (χ1v) is 7.31. The normalized spacial score (nSPS) is 15.2. The molecule has 1 N–H and O–H groups in total. The van der Waals surface area contributed by atoms with Gasteiger partial charge >= 0.3 is 0 Å². The zero-order valence-electron chi connectivity index (χ0n) is 11.8. The predicted molar refractivity (Wildman–Crippen MR) is 79.4 cm³/mol. The molecule has 1 aliphatic heterocycles. The van der Waals surface area contributed by atoms with Crippen molar-refractivity contribution in [1.29, 1.82) is 0 Å². The number of hydrogen-bond donors (Lipinski definition) is 1. The smallest absolute Gasteiger partial charge is 0.255 e. The summed E-state index contributed by atoms with van der Waals surface area (Å²) in [5.41, 5.74) is 1.44. The van der Waals surface area contributed by atoms with Crippen molar-refractivity contribution in [2.45, 2.75) is 32.1 Å². The lowest BCUT2D eigenvalue weighted by atomic mass is 10.1. The van der Waals surface area contributed by atoms with Crippen molar-refractivity contribution < 1.29 is 9.90 Å². The Labute approximate surface area is 120 Å². The maximum Gasteiger partial charge on any atom is 0.255 e. The van der Waals surface area contributed by atoms with Gasteiger partial charge in [-0.05, 0) is 25.0 Å². The van der Waals surface area contributed by atoms with Gasteiger partial charge in [-0.2, -0.15) is 0 Å². The van der Waals surface area contributed by atoms with E-state index in [0.29, 0.717) is 12.0 Å². The highest BCUT2D eigenvalue weighted by molar-refractivity contribution is 5.96. The van der Waals surface area contributed by atoms with E-state index in [1.165, 1.54) is 12.8 Å². The number of likely N-dealkylation sites (tertiary alicyclic amines) is 1. The van der Waals surface area contributed by atoms with Crippen LogP contribution in [0.25, 0.3) is 0 Å². The van der Waals surface area contributed by atoms with E-state index in [1.807, 2.05) is 29.2 Å². The molecule has 0 unspecified atom stereocenters. The number of hydrogen-bond acceptors (Lipinski definition) is 2. The Morgan fingerprint density at radius 1 is 1.15 bits per heavy atom. The molecule has 3 heteroatoms. The fourth-order valence-electron chi connectivity index (χ4n) is 2.44. The van der Waals surface area contributed by atoms with Crippen molar-refractivity contribution in [3.63, 3.8) is 0 Å². The van der Waals surface area contributed by atoms with Gasteiger partial charge in [0.15, 0.2) is 0 Å². The van der Waals surface area contributed by atoms with E-state index in [-0.39, 0.29) is 12.5 Å². The summed E-state index contributed by atoms with van der Waals surface area (Å²) in [6.45, 7) is 1.74. The number of amides is 1. The Morgan fingerprint density at radius 3 is 2.55 bits per heavy atom. The Hall–Kier alpha value is -1.79. The fourth-order valence-corrected chi connectivity index (χ4v) is 2.44. The van der Waals surface area contributed by atoms with Crippen molar-refractivity contribution in [1.82, 2.24) is 4.90 Å². The molecule has 1 saturated heterocycles. The summed E-state index contributed by atoms with van der Waals surface area (Å²) in [4.78, 5) is 14.6. The van der Waals surface area contributed by atoms with Crippen LogP contribution >= 0.6 is 0 Å². The molecule has 1 fully saturated rings. The summed E-state index contributed by atoms with van der Waals surface area (Å²) in [6, 6.07) is 7.48. The lowest BCUT2D eigenvalue weighted by molar-refractivity contribution is 0.0761. The number of benzene rings is 1. The molecule has 1 aromatic rings. The average molecular weight is 271 g/mol. The molecule has 1 amide bonds. The van der Waals surface area contributed by atoms with Crippen molar-refractivity contribution in [3.8, 4) is 11.8 Å². The van der Waals surface area contributed by atoms with Crippen molar-refractivity contribution >= 4 is 5.91 Å². The molecule has 2 rings (SSSR count). The second-order valence-corrected chi connectivity index (χ2v) is 5.03. The Morgan fingerprint density at radius 2 is 1.85 bits per heavy atom. The highest BCUT2D eigenvalue weighted by Gasteiger charge is 2.18. The SMILES string of the molecule is O=C(c1ccccc1C#CCCO)N1CCCCCC1. The molecule has 0 atom stereocenters. The molecular formula is C17H21NO2. The minimum Gasteiger partial charge on any atom is -0.395 e. The summed E-state index contributed by atoms with van der Waals surface area (Å²) in [5, 5.41) is 8.78. The molecule has 0 spiro atoms. The van der Waals surface area contributed by atoms with E-state index < -0.39 is 0 Å². The highest BCUT2D eigenvalue weighted by Crippen LogP contribution is 2.15. The molecule has 1 aliphatic rings. The zero-order valence-corrected chi connectivity index (χ0v) is 11.8. The van der Waals surface area contributed by atoms with Gasteiger partial charge < -0.3 is 10.0 Å². The Bertz CT molecular complexity index is 505. The van der Waals surface area contributed by atoms with Crippen LogP contribution in [0.4, 0.5) is 0 Å². The van der Waals surface area contributed by atoms with Crippen LogP contribution in [-0.4, -0.2) is 35.6 Å². The summed E-state index contributed by atoms with van der Waals surface area (Å²) in [6.07, 6.45) is 5.03.